The van der Waals surface area contributed by atoms with Crippen molar-refractivity contribution in [1.82, 2.24) is 0 Å². The highest BCUT2D eigenvalue weighted by molar-refractivity contribution is 8.13. The van der Waals surface area contributed by atoms with Crippen LogP contribution in [0, 0.1) is 6.92 Å². The molecular weight excluding hydrogens is 268 g/mol. The van der Waals surface area contributed by atoms with Gasteiger partial charge in [0.2, 0.25) is 0 Å². The fourth-order valence-corrected chi connectivity index (χ4v) is 2.63. The number of hydrogen-bond donors (Lipinski definition) is 1. The van der Waals surface area contributed by atoms with Gasteiger partial charge in [-0.1, -0.05) is 6.07 Å². The first-order chi connectivity index (χ1) is 7.75. The number of carboxylic acids is 1. The molecule has 0 amide bonds. The highest BCUT2D eigenvalue weighted by atomic mass is 35.7. The predicted octanol–water partition coefficient (Wildman–Crippen LogP) is 1.56. The molecule has 0 aliphatic rings. The average molecular weight is 279 g/mol. The van der Waals surface area contributed by atoms with Crippen molar-refractivity contribution >= 4 is 25.7 Å². The van der Waals surface area contributed by atoms with Crippen molar-refractivity contribution in [1.29, 1.82) is 0 Å². The third-order valence-electron chi connectivity index (χ3n) is 2.08. The molecule has 0 heterocycles. The zero-order valence-electron chi connectivity index (χ0n) is 9.23. The minimum Gasteiger partial charge on any atom is -0.495 e. The average Bonchev–Trinajstić information content (AvgIpc) is 2.14. The summed E-state index contributed by atoms with van der Waals surface area (Å²) in [5, 5.41) is 8.73. The number of halogens is 1. The van der Waals surface area contributed by atoms with Gasteiger partial charge in [-0.2, -0.15) is 0 Å². The minimum absolute atomic E-state index is 0.0204. The van der Waals surface area contributed by atoms with Gasteiger partial charge in [0.25, 0.3) is 9.05 Å². The number of aryl methyl sites for hydroxylation is 1. The lowest BCUT2D eigenvalue weighted by atomic mass is 10.1. The van der Waals surface area contributed by atoms with Gasteiger partial charge in [-0.25, -0.2) is 8.42 Å². The lowest BCUT2D eigenvalue weighted by Gasteiger charge is -2.11. The Bertz CT molecular complexity index is 550. The maximum Gasteiger partial charge on any atom is 0.307 e. The van der Waals surface area contributed by atoms with Crippen LogP contribution in [-0.4, -0.2) is 26.6 Å². The van der Waals surface area contributed by atoms with Gasteiger partial charge in [-0.15, -0.1) is 0 Å². The van der Waals surface area contributed by atoms with Crippen molar-refractivity contribution in [3.8, 4) is 5.75 Å². The molecular formula is C10H11ClO5S. The summed E-state index contributed by atoms with van der Waals surface area (Å²) in [6.07, 6.45) is -0.329. The molecule has 7 heteroatoms. The van der Waals surface area contributed by atoms with Gasteiger partial charge in [0.15, 0.2) is 0 Å². The maximum absolute atomic E-state index is 11.3. The molecule has 0 radical (unpaired) electrons. The quantitative estimate of drug-likeness (QED) is 0.845. The number of benzene rings is 1. The van der Waals surface area contributed by atoms with E-state index in [0.717, 1.165) is 0 Å². The first kappa shape index (κ1) is 13.8. The standard InChI is InChI=1S/C10H11ClO5S/c1-6-3-7(5-9(12)13)10(16-2)8(4-6)17(11,14)15/h3-4H,5H2,1-2H3,(H,12,13). The van der Waals surface area contributed by atoms with Gasteiger partial charge in [0, 0.05) is 16.2 Å². The minimum atomic E-state index is -3.97. The Morgan fingerprint density at radius 3 is 2.47 bits per heavy atom. The van der Waals surface area contributed by atoms with Crippen LogP contribution < -0.4 is 4.74 Å². The molecule has 0 fully saturated rings. The number of aliphatic carboxylic acids is 1. The number of methoxy groups -OCH3 is 1. The maximum atomic E-state index is 11.3. The molecule has 0 saturated heterocycles. The molecule has 0 unspecified atom stereocenters. The fourth-order valence-electron chi connectivity index (χ4n) is 1.52. The van der Waals surface area contributed by atoms with Crippen LogP contribution in [0.25, 0.3) is 0 Å². The summed E-state index contributed by atoms with van der Waals surface area (Å²) in [5.41, 5.74) is 0.875. The summed E-state index contributed by atoms with van der Waals surface area (Å²) in [4.78, 5) is 10.5. The van der Waals surface area contributed by atoms with Gasteiger partial charge in [-0.3, -0.25) is 4.79 Å². The highest BCUT2D eigenvalue weighted by Gasteiger charge is 2.21. The van der Waals surface area contributed by atoms with Crippen LogP contribution in [0.2, 0.25) is 0 Å². The summed E-state index contributed by atoms with van der Waals surface area (Å²) in [6, 6.07) is 2.89. The Balaban J connectivity index is 3.51. The number of hydrogen-bond acceptors (Lipinski definition) is 4. The van der Waals surface area contributed by atoms with E-state index in [1.807, 2.05) is 0 Å². The van der Waals surface area contributed by atoms with E-state index in [4.69, 9.17) is 20.5 Å². The van der Waals surface area contributed by atoms with E-state index in [9.17, 15) is 13.2 Å². The molecule has 94 valence electrons. The zero-order chi connectivity index (χ0) is 13.2. The normalized spacial score (nSPS) is 11.2. The molecule has 0 bridgehead atoms. The van der Waals surface area contributed by atoms with E-state index in [2.05, 4.69) is 0 Å². The second-order valence-electron chi connectivity index (χ2n) is 3.46. The third kappa shape index (κ3) is 3.34. The van der Waals surface area contributed by atoms with Gasteiger partial charge >= 0.3 is 5.97 Å². The Morgan fingerprint density at radius 2 is 2.06 bits per heavy atom. The van der Waals surface area contributed by atoms with Crippen LogP contribution in [-0.2, 0) is 20.3 Å². The lowest BCUT2D eigenvalue weighted by Crippen LogP contribution is -2.06. The van der Waals surface area contributed by atoms with Gasteiger partial charge in [0.1, 0.15) is 10.6 Å². The van der Waals surface area contributed by atoms with E-state index >= 15 is 0 Å². The van der Waals surface area contributed by atoms with Crippen LogP contribution >= 0.6 is 10.7 Å². The van der Waals surface area contributed by atoms with E-state index in [1.54, 1.807) is 13.0 Å². The molecule has 5 nitrogen and oxygen atoms in total. The van der Waals surface area contributed by atoms with Crippen molar-refractivity contribution in [3.05, 3.63) is 23.3 Å². The molecule has 0 spiro atoms. The fraction of sp³-hybridized carbons (Fsp3) is 0.300. The number of carboxylic acid groups (broad SMARTS) is 1. The SMILES string of the molecule is COc1c(CC(=O)O)cc(C)cc1S(=O)(=O)Cl. The van der Waals surface area contributed by atoms with E-state index in [0.29, 0.717) is 5.56 Å². The largest absolute Gasteiger partial charge is 0.495 e. The van der Waals surface area contributed by atoms with Gasteiger partial charge in [-0.05, 0) is 18.6 Å². The van der Waals surface area contributed by atoms with E-state index in [-0.39, 0.29) is 22.6 Å². The zero-order valence-corrected chi connectivity index (χ0v) is 10.8. The predicted molar refractivity (Wildman–Crippen MR) is 62.1 cm³/mol. The topological polar surface area (TPSA) is 80.7 Å². The Morgan fingerprint density at radius 1 is 1.47 bits per heavy atom. The summed E-state index contributed by atoms with van der Waals surface area (Å²) >= 11 is 0. The molecule has 1 rings (SSSR count). The molecule has 1 N–H and O–H groups in total. The molecule has 1 aromatic rings. The van der Waals surface area contributed by atoms with Crippen LogP contribution in [0.15, 0.2) is 17.0 Å². The molecule has 0 atom stereocenters. The highest BCUT2D eigenvalue weighted by Crippen LogP contribution is 2.32. The van der Waals surface area contributed by atoms with Crippen LogP contribution in [0.1, 0.15) is 11.1 Å². The molecule has 0 saturated carbocycles. The first-order valence-corrected chi connectivity index (χ1v) is 6.90. The summed E-state index contributed by atoms with van der Waals surface area (Å²) in [5.74, 6) is -1.10. The summed E-state index contributed by atoms with van der Waals surface area (Å²) in [6.45, 7) is 1.65. The Labute approximate surface area is 103 Å². The van der Waals surface area contributed by atoms with E-state index in [1.165, 1.54) is 13.2 Å². The van der Waals surface area contributed by atoms with Gasteiger partial charge < -0.3 is 9.84 Å². The monoisotopic (exact) mass is 278 g/mol. The Kier molecular flexibility index (Phi) is 4.00. The van der Waals surface area contributed by atoms with E-state index < -0.39 is 15.0 Å². The first-order valence-electron chi connectivity index (χ1n) is 4.59. The third-order valence-corrected chi connectivity index (χ3v) is 3.41. The second-order valence-corrected chi connectivity index (χ2v) is 6.00. The van der Waals surface area contributed by atoms with Crippen LogP contribution in [0.4, 0.5) is 0 Å². The molecule has 0 aromatic heterocycles. The van der Waals surface area contributed by atoms with Crippen molar-refractivity contribution < 1.29 is 23.1 Å². The lowest BCUT2D eigenvalue weighted by molar-refractivity contribution is -0.136. The molecule has 1 aromatic carbocycles. The number of rotatable bonds is 4. The van der Waals surface area contributed by atoms with Gasteiger partial charge in [0.05, 0.1) is 13.5 Å². The molecule has 0 aliphatic heterocycles. The summed E-state index contributed by atoms with van der Waals surface area (Å²) in [7, 11) is 2.56. The van der Waals surface area contributed by atoms with Crippen molar-refractivity contribution in [2.75, 3.05) is 7.11 Å². The summed E-state index contributed by atoms with van der Waals surface area (Å²) < 4.78 is 27.6. The van der Waals surface area contributed by atoms with Crippen molar-refractivity contribution in [2.45, 2.75) is 18.2 Å². The number of carbonyl (C=O) groups is 1. The van der Waals surface area contributed by atoms with Crippen LogP contribution in [0.3, 0.4) is 0 Å². The second kappa shape index (κ2) is 4.93. The molecule has 17 heavy (non-hydrogen) atoms. The smallest absolute Gasteiger partial charge is 0.307 e. The van der Waals surface area contributed by atoms with Crippen molar-refractivity contribution in [2.24, 2.45) is 0 Å². The van der Waals surface area contributed by atoms with Crippen molar-refractivity contribution in [3.63, 3.8) is 0 Å². The van der Waals surface area contributed by atoms with Crippen LogP contribution in [0.5, 0.6) is 5.75 Å². The molecule has 0 aliphatic carbocycles. The Hall–Kier alpha value is -1.27. The number of ether oxygens (including phenoxy) is 1.